The number of anilines is 1. The number of hydrogen-bond donors (Lipinski definition) is 1. The molecule has 156 valence electrons. The van der Waals surface area contributed by atoms with Crippen molar-refractivity contribution in [2.45, 2.75) is 6.04 Å². The largest absolute Gasteiger partial charge is 0.464 e. The first-order valence-electron chi connectivity index (χ1n) is 9.86. The minimum atomic E-state index is -0.835. The van der Waals surface area contributed by atoms with Gasteiger partial charge in [-0.05, 0) is 48.5 Å². The molecule has 3 aromatic rings. The number of halogens is 1. The molecule has 1 fully saturated rings. The fourth-order valence-corrected chi connectivity index (χ4v) is 4.04. The summed E-state index contributed by atoms with van der Waals surface area (Å²) in [6.45, 7) is 0.479. The Labute approximate surface area is 177 Å². The molecule has 1 aromatic heterocycles. The van der Waals surface area contributed by atoms with Gasteiger partial charge in [0.25, 0.3) is 11.8 Å². The third-order valence-corrected chi connectivity index (χ3v) is 5.62. The molecule has 0 radical (unpaired) electrons. The monoisotopic (exact) mass is 419 g/mol. The summed E-state index contributed by atoms with van der Waals surface area (Å²) in [7, 11) is 0. The van der Waals surface area contributed by atoms with E-state index in [0.717, 1.165) is 5.56 Å². The molecule has 7 nitrogen and oxygen atoms in total. The highest BCUT2D eigenvalue weighted by molar-refractivity contribution is 6.11. The van der Waals surface area contributed by atoms with Crippen molar-refractivity contribution in [3.05, 3.63) is 77.8 Å². The van der Waals surface area contributed by atoms with Crippen LogP contribution in [0.25, 0.3) is 11.3 Å². The summed E-state index contributed by atoms with van der Waals surface area (Å²) in [5.41, 5.74) is 1.72. The van der Waals surface area contributed by atoms with Crippen LogP contribution >= 0.6 is 0 Å². The Morgan fingerprint density at radius 2 is 1.94 bits per heavy atom. The van der Waals surface area contributed by atoms with E-state index in [-0.39, 0.29) is 42.9 Å². The van der Waals surface area contributed by atoms with Gasteiger partial charge < -0.3 is 19.5 Å². The molecule has 5 rings (SSSR count). The van der Waals surface area contributed by atoms with Crippen LogP contribution in [0.4, 0.5) is 10.1 Å². The average molecular weight is 419 g/mol. The normalized spacial score (nSPS) is 18.2. The van der Waals surface area contributed by atoms with Gasteiger partial charge in [-0.1, -0.05) is 6.07 Å². The molecular formula is C23H18FN3O4. The van der Waals surface area contributed by atoms with Crippen LogP contribution in [0, 0.1) is 5.82 Å². The van der Waals surface area contributed by atoms with Gasteiger partial charge in [0.1, 0.15) is 17.6 Å². The van der Waals surface area contributed by atoms with Crippen LogP contribution in [0.3, 0.4) is 0 Å². The Kier molecular flexibility index (Phi) is 4.54. The van der Waals surface area contributed by atoms with E-state index < -0.39 is 11.9 Å². The van der Waals surface area contributed by atoms with Crippen molar-refractivity contribution < 1.29 is 23.2 Å². The molecule has 0 aliphatic carbocycles. The second kappa shape index (κ2) is 7.39. The minimum absolute atomic E-state index is 0.0337. The van der Waals surface area contributed by atoms with Crippen molar-refractivity contribution >= 4 is 23.4 Å². The number of fused-ring (bicyclic) bond motifs is 2. The predicted molar refractivity (Wildman–Crippen MR) is 110 cm³/mol. The van der Waals surface area contributed by atoms with Crippen LogP contribution < -0.4 is 5.32 Å². The lowest BCUT2D eigenvalue weighted by atomic mass is 10.0. The van der Waals surface area contributed by atoms with E-state index in [0.29, 0.717) is 17.0 Å². The maximum atomic E-state index is 13.5. The summed E-state index contributed by atoms with van der Waals surface area (Å²) >= 11 is 0. The third kappa shape index (κ3) is 3.35. The summed E-state index contributed by atoms with van der Waals surface area (Å²) in [6.07, 6.45) is 1.55. The zero-order valence-corrected chi connectivity index (χ0v) is 16.4. The maximum absolute atomic E-state index is 13.5. The number of benzene rings is 2. The number of piperazine rings is 1. The topological polar surface area (TPSA) is 82.9 Å². The van der Waals surface area contributed by atoms with Crippen LogP contribution in [0.1, 0.15) is 20.7 Å². The lowest BCUT2D eigenvalue weighted by Gasteiger charge is -2.39. The van der Waals surface area contributed by atoms with Crippen molar-refractivity contribution in [3.8, 4) is 11.3 Å². The van der Waals surface area contributed by atoms with Gasteiger partial charge in [0.15, 0.2) is 0 Å². The third-order valence-electron chi connectivity index (χ3n) is 5.62. The Hall–Kier alpha value is -3.94. The molecule has 8 heteroatoms. The molecule has 3 amide bonds. The molecule has 2 aliphatic rings. The fraction of sp³-hybridized carbons (Fsp3) is 0.174. The molecule has 3 heterocycles. The number of nitrogens with one attached hydrogen (secondary N) is 1. The summed E-state index contributed by atoms with van der Waals surface area (Å²) in [4.78, 5) is 42.0. The molecule has 0 spiro atoms. The second-order valence-corrected chi connectivity index (χ2v) is 7.50. The second-order valence-electron chi connectivity index (χ2n) is 7.50. The summed E-state index contributed by atoms with van der Waals surface area (Å²) in [5.74, 6) is -0.914. The molecule has 0 bridgehead atoms. The Bertz CT molecular complexity index is 1190. The smallest absolute Gasteiger partial charge is 0.256 e. The number of furan rings is 1. The van der Waals surface area contributed by atoms with E-state index in [9.17, 15) is 18.8 Å². The molecule has 2 aliphatic heterocycles. The van der Waals surface area contributed by atoms with Crippen LogP contribution in [0.2, 0.25) is 0 Å². The predicted octanol–water partition coefficient (Wildman–Crippen LogP) is 3.00. The van der Waals surface area contributed by atoms with Crippen molar-refractivity contribution in [3.63, 3.8) is 0 Å². The summed E-state index contributed by atoms with van der Waals surface area (Å²) in [6, 6.07) is 13.3. The highest BCUT2D eigenvalue weighted by Gasteiger charge is 2.40. The van der Waals surface area contributed by atoms with Gasteiger partial charge in [0, 0.05) is 24.2 Å². The first-order chi connectivity index (χ1) is 15.0. The zero-order valence-electron chi connectivity index (χ0n) is 16.4. The van der Waals surface area contributed by atoms with Gasteiger partial charge >= 0.3 is 0 Å². The minimum Gasteiger partial charge on any atom is -0.464 e. The SMILES string of the molecule is O=C1Nc2ccc(-c3ccco3)cc2C(=O)N2CCN(C(=O)c3cccc(F)c3)C[C@H]12. The van der Waals surface area contributed by atoms with Crippen molar-refractivity contribution in [1.29, 1.82) is 0 Å². The van der Waals surface area contributed by atoms with Gasteiger partial charge in [-0.3, -0.25) is 14.4 Å². The van der Waals surface area contributed by atoms with Crippen LogP contribution in [-0.2, 0) is 4.79 Å². The zero-order chi connectivity index (χ0) is 21.5. The van der Waals surface area contributed by atoms with Crippen LogP contribution in [0.15, 0.2) is 65.3 Å². The molecule has 1 N–H and O–H groups in total. The number of carbonyl (C=O) groups is 3. The van der Waals surface area contributed by atoms with E-state index in [2.05, 4.69) is 5.32 Å². The Morgan fingerprint density at radius 3 is 2.71 bits per heavy atom. The highest BCUT2D eigenvalue weighted by Crippen LogP contribution is 2.30. The maximum Gasteiger partial charge on any atom is 0.256 e. The molecule has 0 saturated carbocycles. The average Bonchev–Trinajstić information content (AvgIpc) is 3.30. The van der Waals surface area contributed by atoms with E-state index in [1.807, 2.05) is 0 Å². The molecule has 31 heavy (non-hydrogen) atoms. The number of rotatable bonds is 2. The lowest BCUT2D eigenvalue weighted by molar-refractivity contribution is -0.121. The van der Waals surface area contributed by atoms with Crippen LogP contribution in [-0.4, -0.2) is 53.2 Å². The lowest BCUT2D eigenvalue weighted by Crippen LogP contribution is -2.59. The first kappa shape index (κ1) is 19.0. The summed E-state index contributed by atoms with van der Waals surface area (Å²) in [5, 5.41) is 2.80. The van der Waals surface area contributed by atoms with Gasteiger partial charge in [-0.15, -0.1) is 0 Å². The number of amides is 3. The van der Waals surface area contributed by atoms with Gasteiger partial charge in [0.2, 0.25) is 5.91 Å². The molecule has 1 saturated heterocycles. The highest BCUT2D eigenvalue weighted by atomic mass is 19.1. The van der Waals surface area contributed by atoms with Crippen molar-refractivity contribution in [2.24, 2.45) is 0 Å². The van der Waals surface area contributed by atoms with E-state index in [1.54, 1.807) is 36.6 Å². The Balaban J connectivity index is 1.43. The van der Waals surface area contributed by atoms with Crippen LogP contribution in [0.5, 0.6) is 0 Å². The quantitative estimate of drug-likeness (QED) is 0.692. The van der Waals surface area contributed by atoms with E-state index in [1.165, 1.54) is 34.1 Å². The van der Waals surface area contributed by atoms with Crippen molar-refractivity contribution in [2.75, 3.05) is 25.0 Å². The van der Waals surface area contributed by atoms with E-state index >= 15 is 0 Å². The Morgan fingerprint density at radius 1 is 1.06 bits per heavy atom. The molecule has 2 aromatic carbocycles. The number of nitrogens with zero attached hydrogens (tertiary/aromatic N) is 2. The summed E-state index contributed by atoms with van der Waals surface area (Å²) < 4.78 is 18.9. The standard InChI is InChI=1S/C23H18FN3O4/c24-16-4-1-3-15(11-16)22(29)26-8-9-27-19(13-26)21(28)25-18-7-6-14(12-17(18)23(27)30)20-5-2-10-31-20/h1-7,10-12,19H,8-9,13H2,(H,25,28)/t19-/m1/s1. The van der Waals surface area contributed by atoms with E-state index in [4.69, 9.17) is 4.42 Å². The molecule has 0 unspecified atom stereocenters. The first-order valence-corrected chi connectivity index (χ1v) is 9.86. The molecular weight excluding hydrogens is 401 g/mol. The van der Waals surface area contributed by atoms with Gasteiger partial charge in [-0.2, -0.15) is 0 Å². The molecule has 1 atom stereocenters. The van der Waals surface area contributed by atoms with Gasteiger partial charge in [0.05, 0.1) is 24.1 Å². The number of carbonyl (C=O) groups excluding carboxylic acids is 3. The van der Waals surface area contributed by atoms with Gasteiger partial charge in [-0.25, -0.2) is 4.39 Å². The van der Waals surface area contributed by atoms with Crippen molar-refractivity contribution in [1.82, 2.24) is 9.80 Å². The fourth-order valence-electron chi connectivity index (χ4n) is 4.04. The number of hydrogen-bond acceptors (Lipinski definition) is 4.